The highest BCUT2D eigenvalue weighted by atomic mass is 19.4. The summed E-state index contributed by atoms with van der Waals surface area (Å²) < 4.78 is 38.9. The molecule has 1 aliphatic rings. The fourth-order valence-corrected chi connectivity index (χ4v) is 2.88. The average Bonchev–Trinajstić information content (AvgIpc) is 3.10. The van der Waals surface area contributed by atoms with Gasteiger partial charge >= 0.3 is 6.18 Å². The van der Waals surface area contributed by atoms with Gasteiger partial charge in [0.1, 0.15) is 17.1 Å². The number of hydrogen-bond donors (Lipinski definition) is 3. The summed E-state index contributed by atoms with van der Waals surface area (Å²) in [4.78, 5) is 23.3. The lowest BCUT2D eigenvalue weighted by molar-refractivity contribution is -0.141. The molecule has 0 radical (unpaired) electrons. The second-order valence-electron chi connectivity index (χ2n) is 6.13. The Labute approximate surface area is 162 Å². The van der Waals surface area contributed by atoms with Crippen LogP contribution in [0.15, 0.2) is 60.8 Å². The number of nitrogens with zero attached hydrogens (tertiary/aromatic N) is 3. The van der Waals surface area contributed by atoms with E-state index in [1.807, 2.05) is 18.2 Å². The number of alkyl halides is 3. The van der Waals surface area contributed by atoms with Gasteiger partial charge in [0.2, 0.25) is 0 Å². The van der Waals surface area contributed by atoms with Gasteiger partial charge in [0.05, 0.1) is 11.4 Å². The molecule has 4 N–H and O–H groups in total. The highest BCUT2D eigenvalue weighted by molar-refractivity contribution is 6.20. The molecule has 0 fully saturated rings. The minimum absolute atomic E-state index is 0.107. The van der Waals surface area contributed by atoms with E-state index < -0.39 is 23.6 Å². The van der Waals surface area contributed by atoms with Crippen molar-refractivity contribution in [1.82, 2.24) is 15.0 Å². The molecule has 29 heavy (non-hydrogen) atoms. The molecule has 0 spiro atoms. The number of aromatic nitrogens is 3. The third-order valence-electron chi connectivity index (χ3n) is 4.20. The second kappa shape index (κ2) is 6.89. The van der Waals surface area contributed by atoms with Gasteiger partial charge in [-0.3, -0.25) is 9.78 Å². The first-order valence-electron chi connectivity index (χ1n) is 8.36. The number of nitrogens with one attached hydrogen (secondary N) is 2. The first kappa shape index (κ1) is 18.4. The third-order valence-corrected chi connectivity index (χ3v) is 4.20. The number of pyridine rings is 1. The number of rotatable bonds is 3. The van der Waals surface area contributed by atoms with Crippen LogP contribution in [0.5, 0.6) is 0 Å². The van der Waals surface area contributed by atoms with E-state index in [9.17, 15) is 18.0 Å². The zero-order valence-corrected chi connectivity index (χ0v) is 14.7. The van der Waals surface area contributed by atoms with Crippen LogP contribution in [0.4, 0.5) is 24.5 Å². The normalized spacial score (nSPS) is 14.6. The van der Waals surface area contributed by atoms with Crippen molar-refractivity contribution in [3.8, 4) is 11.1 Å². The summed E-state index contributed by atoms with van der Waals surface area (Å²) in [6.45, 7) is 0. The fourth-order valence-electron chi connectivity index (χ4n) is 2.88. The monoisotopic (exact) mass is 398 g/mol. The minimum Gasteiger partial charge on any atom is -0.365 e. The number of carbonyl (C=O) groups is 1. The first-order chi connectivity index (χ1) is 13.8. The van der Waals surface area contributed by atoms with Gasteiger partial charge in [0.25, 0.3) is 5.91 Å². The van der Waals surface area contributed by atoms with Crippen molar-refractivity contribution in [1.29, 1.82) is 0 Å². The van der Waals surface area contributed by atoms with Crippen molar-refractivity contribution in [3.63, 3.8) is 0 Å². The van der Waals surface area contributed by atoms with E-state index in [0.717, 1.165) is 23.4 Å². The van der Waals surface area contributed by atoms with Gasteiger partial charge in [0, 0.05) is 24.2 Å². The highest BCUT2D eigenvalue weighted by Gasteiger charge is 2.34. The lowest BCUT2D eigenvalue weighted by Gasteiger charge is -2.10. The molecule has 2 aromatic heterocycles. The number of carbonyl (C=O) groups excluding carboxylic acids is 1. The molecular weight excluding hydrogens is 385 g/mol. The molecule has 3 aromatic rings. The molecule has 0 atom stereocenters. The van der Waals surface area contributed by atoms with Crippen LogP contribution >= 0.6 is 0 Å². The molecule has 1 aromatic carbocycles. The van der Waals surface area contributed by atoms with Gasteiger partial charge < -0.3 is 16.4 Å². The summed E-state index contributed by atoms with van der Waals surface area (Å²) in [5, 5.41) is 5.91. The maximum absolute atomic E-state index is 13.0. The summed E-state index contributed by atoms with van der Waals surface area (Å²) in [7, 11) is 0. The van der Waals surface area contributed by atoms with E-state index in [4.69, 9.17) is 5.73 Å². The van der Waals surface area contributed by atoms with E-state index in [2.05, 4.69) is 25.6 Å². The Bertz CT molecular complexity index is 1130. The lowest BCUT2D eigenvalue weighted by Crippen LogP contribution is -2.21. The molecule has 0 aliphatic carbocycles. The van der Waals surface area contributed by atoms with Crippen LogP contribution in [-0.2, 0) is 11.0 Å². The number of halogens is 3. The Balaban J connectivity index is 1.74. The molecule has 0 bridgehead atoms. The summed E-state index contributed by atoms with van der Waals surface area (Å²) in [5.74, 6) is -1.29. The van der Waals surface area contributed by atoms with Crippen molar-refractivity contribution in [2.75, 3.05) is 10.6 Å². The number of benzene rings is 1. The predicted octanol–water partition coefficient (Wildman–Crippen LogP) is 3.25. The molecule has 1 amide bonds. The molecule has 0 saturated heterocycles. The van der Waals surface area contributed by atoms with Crippen molar-refractivity contribution in [2.45, 2.75) is 6.18 Å². The Kier molecular flexibility index (Phi) is 4.38. The predicted molar refractivity (Wildman–Crippen MR) is 100 cm³/mol. The number of nitrogens with two attached hydrogens (primary N) is 1. The highest BCUT2D eigenvalue weighted by Crippen LogP contribution is 2.36. The van der Waals surface area contributed by atoms with Gasteiger partial charge in [-0.15, -0.1) is 0 Å². The molecule has 10 heteroatoms. The van der Waals surface area contributed by atoms with Crippen molar-refractivity contribution in [2.24, 2.45) is 5.73 Å². The molecular formula is C19H13F3N6O. The Morgan fingerprint density at radius 3 is 2.48 bits per heavy atom. The van der Waals surface area contributed by atoms with Crippen LogP contribution in [0.1, 0.15) is 11.5 Å². The smallest absolute Gasteiger partial charge is 0.365 e. The van der Waals surface area contributed by atoms with E-state index in [-0.39, 0.29) is 11.4 Å². The Morgan fingerprint density at radius 1 is 1.00 bits per heavy atom. The van der Waals surface area contributed by atoms with Gasteiger partial charge in [-0.1, -0.05) is 12.1 Å². The molecule has 3 heterocycles. The van der Waals surface area contributed by atoms with Crippen LogP contribution in [-0.4, -0.2) is 20.9 Å². The fraction of sp³-hybridized carbons (Fsp3) is 0.0526. The standard InChI is InChI=1S/C19H13F3N6O/c20-19(21,22)14-5-7-25-17(28-14)15(16(23)29)18-26-12-4-3-10(8-13(12)27-18)11-2-1-6-24-9-11/h1-9,26-27H,(H2,23,29)/b18-15-. The van der Waals surface area contributed by atoms with Gasteiger partial charge in [-0.05, 0) is 29.8 Å². The zero-order chi connectivity index (χ0) is 20.6. The van der Waals surface area contributed by atoms with Gasteiger partial charge in [0.15, 0.2) is 5.82 Å². The molecule has 0 saturated carbocycles. The zero-order valence-electron chi connectivity index (χ0n) is 14.7. The maximum atomic E-state index is 13.0. The van der Waals surface area contributed by atoms with E-state index in [1.54, 1.807) is 24.5 Å². The minimum atomic E-state index is -4.68. The number of primary amides is 1. The topological polar surface area (TPSA) is 106 Å². The maximum Gasteiger partial charge on any atom is 0.433 e. The SMILES string of the molecule is NC(=O)/C(=C1\Nc2ccc(-c3cccnc3)cc2N1)c1nccc(C(F)(F)F)n1. The largest absolute Gasteiger partial charge is 0.433 e. The Morgan fingerprint density at radius 2 is 1.79 bits per heavy atom. The Hall–Kier alpha value is -3.95. The van der Waals surface area contributed by atoms with Crippen LogP contribution in [0, 0.1) is 0 Å². The van der Waals surface area contributed by atoms with Gasteiger partial charge in [-0.2, -0.15) is 13.2 Å². The summed E-state index contributed by atoms with van der Waals surface area (Å²) in [5.41, 5.74) is 6.95. The second-order valence-corrected chi connectivity index (χ2v) is 6.13. The van der Waals surface area contributed by atoms with E-state index in [1.165, 1.54) is 0 Å². The van der Waals surface area contributed by atoms with Crippen molar-refractivity contribution in [3.05, 3.63) is 72.3 Å². The first-order valence-corrected chi connectivity index (χ1v) is 8.36. The van der Waals surface area contributed by atoms with E-state index >= 15 is 0 Å². The van der Waals surface area contributed by atoms with E-state index in [0.29, 0.717) is 11.4 Å². The number of amides is 1. The molecule has 4 rings (SSSR count). The van der Waals surface area contributed by atoms with Crippen LogP contribution in [0.3, 0.4) is 0 Å². The molecule has 0 unspecified atom stereocenters. The number of fused-ring (bicyclic) bond motifs is 1. The summed E-state index contributed by atoms with van der Waals surface area (Å²) in [6.07, 6.45) is -0.390. The van der Waals surface area contributed by atoms with Crippen LogP contribution < -0.4 is 16.4 Å². The van der Waals surface area contributed by atoms with Gasteiger partial charge in [-0.25, -0.2) is 9.97 Å². The molecule has 7 nitrogen and oxygen atoms in total. The third kappa shape index (κ3) is 3.59. The quantitative estimate of drug-likeness (QED) is 0.585. The molecule has 146 valence electrons. The summed E-state index contributed by atoms with van der Waals surface area (Å²) >= 11 is 0. The lowest BCUT2D eigenvalue weighted by atomic mass is 10.1. The molecule has 1 aliphatic heterocycles. The summed E-state index contributed by atoms with van der Waals surface area (Å²) in [6, 6.07) is 9.84. The van der Waals surface area contributed by atoms with Crippen molar-refractivity contribution < 1.29 is 18.0 Å². The van der Waals surface area contributed by atoms with Crippen molar-refractivity contribution >= 4 is 22.9 Å². The number of anilines is 2. The average molecular weight is 398 g/mol. The number of hydrogen-bond acceptors (Lipinski definition) is 6. The van der Waals surface area contributed by atoms with Crippen LogP contribution in [0.2, 0.25) is 0 Å². The van der Waals surface area contributed by atoms with Crippen LogP contribution in [0.25, 0.3) is 16.7 Å².